The van der Waals surface area contributed by atoms with Crippen LogP contribution >= 0.6 is 0 Å². The van der Waals surface area contributed by atoms with Gasteiger partial charge in [-0.2, -0.15) is 5.10 Å². The molecule has 0 bridgehead atoms. The minimum absolute atomic E-state index is 0.148. The molecule has 0 spiro atoms. The highest BCUT2D eigenvalue weighted by molar-refractivity contribution is 6.02. The van der Waals surface area contributed by atoms with Gasteiger partial charge in [0.1, 0.15) is 5.75 Å². The van der Waals surface area contributed by atoms with Crippen LogP contribution in [0.2, 0.25) is 0 Å². The molecule has 138 valence electrons. The van der Waals surface area contributed by atoms with Crippen molar-refractivity contribution in [1.29, 1.82) is 0 Å². The minimum atomic E-state index is -0.148. The largest absolute Gasteiger partial charge is 0.496 e. The van der Waals surface area contributed by atoms with Crippen molar-refractivity contribution >= 4 is 33.7 Å². The Kier molecular flexibility index (Phi) is 5.02. The number of fused-ring (bicyclic) bond motifs is 2. The standard InChI is InChI=1S/C24H20N2O2/c1-28-23-14-13-19(21-11-4-5-12-22(21)23)16-25-26-24(27)15-18-9-6-8-17-7-2-3-10-20(17)18/h2-14,16H,15H2,1H3,(H,26,27). The molecule has 0 aliphatic rings. The lowest BCUT2D eigenvalue weighted by Crippen LogP contribution is -2.19. The van der Waals surface area contributed by atoms with Gasteiger partial charge >= 0.3 is 0 Å². The predicted molar refractivity (Wildman–Crippen MR) is 114 cm³/mol. The maximum Gasteiger partial charge on any atom is 0.244 e. The molecule has 0 unspecified atom stereocenters. The van der Waals surface area contributed by atoms with E-state index in [4.69, 9.17) is 4.74 Å². The van der Waals surface area contributed by atoms with Gasteiger partial charge < -0.3 is 4.74 Å². The second-order valence-corrected chi connectivity index (χ2v) is 6.51. The first kappa shape index (κ1) is 17.7. The van der Waals surface area contributed by atoms with Gasteiger partial charge in [0, 0.05) is 10.9 Å². The van der Waals surface area contributed by atoms with Crippen molar-refractivity contribution in [2.24, 2.45) is 5.10 Å². The molecule has 4 heteroatoms. The number of nitrogens with one attached hydrogen (secondary N) is 1. The van der Waals surface area contributed by atoms with Crippen LogP contribution in [-0.4, -0.2) is 19.2 Å². The zero-order chi connectivity index (χ0) is 19.3. The molecule has 28 heavy (non-hydrogen) atoms. The van der Waals surface area contributed by atoms with E-state index in [1.807, 2.05) is 78.9 Å². The van der Waals surface area contributed by atoms with Crippen molar-refractivity contribution < 1.29 is 9.53 Å². The predicted octanol–water partition coefficient (Wildman–Crippen LogP) is 4.69. The highest BCUT2D eigenvalue weighted by atomic mass is 16.5. The van der Waals surface area contributed by atoms with Crippen molar-refractivity contribution in [3.63, 3.8) is 0 Å². The number of amides is 1. The van der Waals surface area contributed by atoms with E-state index in [0.717, 1.165) is 38.4 Å². The summed E-state index contributed by atoms with van der Waals surface area (Å²) >= 11 is 0. The van der Waals surface area contributed by atoms with Gasteiger partial charge in [0.2, 0.25) is 5.91 Å². The fourth-order valence-electron chi connectivity index (χ4n) is 3.42. The number of hydrogen-bond donors (Lipinski definition) is 1. The third-order valence-electron chi connectivity index (χ3n) is 4.76. The first-order valence-corrected chi connectivity index (χ1v) is 9.10. The van der Waals surface area contributed by atoms with Crippen LogP contribution in [0.25, 0.3) is 21.5 Å². The average molecular weight is 368 g/mol. The monoisotopic (exact) mass is 368 g/mol. The van der Waals surface area contributed by atoms with E-state index >= 15 is 0 Å². The van der Waals surface area contributed by atoms with Gasteiger partial charge in [-0.3, -0.25) is 4.79 Å². The van der Waals surface area contributed by atoms with Gasteiger partial charge in [0.25, 0.3) is 0 Å². The third-order valence-corrected chi connectivity index (χ3v) is 4.76. The van der Waals surface area contributed by atoms with Gasteiger partial charge in [-0.1, -0.05) is 66.7 Å². The molecule has 0 atom stereocenters. The van der Waals surface area contributed by atoms with Crippen molar-refractivity contribution in [1.82, 2.24) is 5.43 Å². The Bertz CT molecular complexity index is 1180. The van der Waals surface area contributed by atoms with E-state index in [0.29, 0.717) is 0 Å². The Morgan fingerprint density at radius 2 is 1.61 bits per heavy atom. The van der Waals surface area contributed by atoms with Gasteiger partial charge in [-0.05, 0) is 33.9 Å². The lowest BCUT2D eigenvalue weighted by Gasteiger charge is -2.08. The summed E-state index contributed by atoms with van der Waals surface area (Å²) in [7, 11) is 1.66. The maximum atomic E-state index is 12.4. The second kappa shape index (κ2) is 7.92. The van der Waals surface area contributed by atoms with Crippen molar-refractivity contribution in [2.45, 2.75) is 6.42 Å². The number of rotatable bonds is 5. The molecule has 0 aromatic heterocycles. The van der Waals surface area contributed by atoms with Crippen molar-refractivity contribution in [3.8, 4) is 5.75 Å². The van der Waals surface area contributed by atoms with Crippen LogP contribution < -0.4 is 10.2 Å². The number of hydrogen-bond acceptors (Lipinski definition) is 3. The summed E-state index contributed by atoms with van der Waals surface area (Å²) in [6, 6.07) is 25.8. The van der Waals surface area contributed by atoms with Gasteiger partial charge in [-0.25, -0.2) is 5.43 Å². The fraction of sp³-hybridized carbons (Fsp3) is 0.0833. The van der Waals surface area contributed by atoms with Crippen LogP contribution in [0.3, 0.4) is 0 Å². The lowest BCUT2D eigenvalue weighted by atomic mass is 10.0. The summed E-state index contributed by atoms with van der Waals surface area (Å²) in [6.07, 6.45) is 1.95. The van der Waals surface area contributed by atoms with Crippen LogP contribution in [0.5, 0.6) is 5.75 Å². The Hall–Kier alpha value is -3.66. The topological polar surface area (TPSA) is 50.7 Å². The molecule has 0 saturated heterocycles. The Balaban J connectivity index is 1.51. The highest BCUT2D eigenvalue weighted by Gasteiger charge is 2.07. The first-order valence-electron chi connectivity index (χ1n) is 9.10. The number of hydrazone groups is 1. The molecule has 0 saturated carbocycles. The van der Waals surface area contributed by atoms with Gasteiger partial charge in [-0.15, -0.1) is 0 Å². The second-order valence-electron chi connectivity index (χ2n) is 6.51. The molecule has 4 aromatic rings. The fourth-order valence-corrected chi connectivity index (χ4v) is 3.42. The zero-order valence-electron chi connectivity index (χ0n) is 15.6. The van der Waals surface area contributed by atoms with Crippen LogP contribution in [-0.2, 0) is 11.2 Å². The summed E-state index contributed by atoms with van der Waals surface area (Å²) in [5.74, 6) is 0.665. The number of methoxy groups -OCH3 is 1. The van der Waals surface area contributed by atoms with Crippen LogP contribution in [0.15, 0.2) is 84.0 Å². The van der Waals surface area contributed by atoms with E-state index in [-0.39, 0.29) is 12.3 Å². The molecule has 4 aromatic carbocycles. The maximum absolute atomic E-state index is 12.4. The molecular weight excluding hydrogens is 348 g/mol. The highest BCUT2D eigenvalue weighted by Crippen LogP contribution is 2.27. The Morgan fingerprint density at radius 1 is 0.893 bits per heavy atom. The molecule has 0 aliphatic carbocycles. The number of carbonyl (C=O) groups is 1. The smallest absolute Gasteiger partial charge is 0.244 e. The summed E-state index contributed by atoms with van der Waals surface area (Å²) < 4.78 is 5.41. The molecule has 4 nitrogen and oxygen atoms in total. The SMILES string of the molecule is COc1ccc(C=NNC(=O)Cc2cccc3ccccc23)c2ccccc12. The molecular formula is C24H20N2O2. The Morgan fingerprint density at radius 3 is 2.43 bits per heavy atom. The lowest BCUT2D eigenvalue weighted by molar-refractivity contribution is -0.120. The number of carbonyl (C=O) groups excluding carboxylic acids is 1. The van der Waals surface area contributed by atoms with Gasteiger partial charge in [0.15, 0.2) is 0 Å². The number of nitrogens with zero attached hydrogens (tertiary/aromatic N) is 1. The normalized spacial score (nSPS) is 11.2. The van der Waals surface area contributed by atoms with E-state index in [1.54, 1.807) is 13.3 Å². The van der Waals surface area contributed by atoms with Crippen molar-refractivity contribution in [2.75, 3.05) is 7.11 Å². The molecule has 1 amide bonds. The average Bonchev–Trinajstić information content (AvgIpc) is 2.74. The van der Waals surface area contributed by atoms with E-state index in [2.05, 4.69) is 10.5 Å². The molecule has 4 rings (SSSR count). The summed E-state index contributed by atoms with van der Waals surface area (Å²) in [5.41, 5.74) is 4.54. The summed E-state index contributed by atoms with van der Waals surface area (Å²) in [4.78, 5) is 12.4. The van der Waals surface area contributed by atoms with Crippen molar-refractivity contribution in [3.05, 3.63) is 90.0 Å². The van der Waals surface area contributed by atoms with E-state index in [9.17, 15) is 4.79 Å². The Labute approximate surface area is 163 Å². The molecule has 1 N–H and O–H groups in total. The number of ether oxygens (including phenoxy) is 1. The third kappa shape index (κ3) is 3.58. The number of benzene rings is 4. The zero-order valence-corrected chi connectivity index (χ0v) is 15.6. The van der Waals surface area contributed by atoms with Crippen LogP contribution in [0.1, 0.15) is 11.1 Å². The molecule has 0 radical (unpaired) electrons. The van der Waals surface area contributed by atoms with Gasteiger partial charge in [0.05, 0.1) is 19.7 Å². The summed E-state index contributed by atoms with van der Waals surface area (Å²) in [6.45, 7) is 0. The first-order chi connectivity index (χ1) is 13.8. The quantitative estimate of drug-likeness (QED) is 0.410. The van der Waals surface area contributed by atoms with E-state index in [1.165, 1.54) is 0 Å². The summed E-state index contributed by atoms with van der Waals surface area (Å²) in [5, 5.41) is 8.40. The molecule has 0 heterocycles. The molecule has 0 aliphatic heterocycles. The molecule has 0 fully saturated rings. The van der Waals surface area contributed by atoms with E-state index < -0.39 is 0 Å². The van der Waals surface area contributed by atoms with Crippen LogP contribution in [0.4, 0.5) is 0 Å². The minimum Gasteiger partial charge on any atom is -0.496 e. The van der Waals surface area contributed by atoms with Crippen LogP contribution in [0, 0.1) is 0 Å².